The Labute approximate surface area is 222 Å². The molecule has 3 aliphatic rings. The highest BCUT2D eigenvalue weighted by atomic mass is 32.1. The van der Waals surface area contributed by atoms with Gasteiger partial charge in [0.2, 0.25) is 11.8 Å². The summed E-state index contributed by atoms with van der Waals surface area (Å²) in [5.41, 5.74) is 3.08. The summed E-state index contributed by atoms with van der Waals surface area (Å²) in [5.74, 6) is -7.65. The van der Waals surface area contributed by atoms with Gasteiger partial charge in [-0.15, -0.1) is 24.5 Å². The maximum Gasteiger partial charge on any atom is 0.522 e. The molecular weight excluding hydrogens is 558 g/mol. The molecule has 3 amide bonds. The van der Waals surface area contributed by atoms with Crippen LogP contribution in [0.3, 0.4) is 0 Å². The van der Waals surface area contributed by atoms with E-state index in [-0.39, 0.29) is 30.8 Å². The molecule has 3 fully saturated rings. The van der Waals surface area contributed by atoms with Crippen LogP contribution in [0.1, 0.15) is 54.0 Å². The van der Waals surface area contributed by atoms with Gasteiger partial charge in [0.15, 0.2) is 10.8 Å². The number of nitrogens with one attached hydrogen (secondary N) is 1. The normalized spacial score (nSPS) is 28.2. The molecule has 9 nitrogen and oxygen atoms in total. The average Bonchev–Trinajstić information content (AvgIpc) is 3.57. The smallest absolute Gasteiger partial charge is 0.368 e. The molecule has 1 saturated carbocycles. The summed E-state index contributed by atoms with van der Waals surface area (Å²) in [7, 11) is 0. The van der Waals surface area contributed by atoms with Crippen LogP contribution in [-0.2, 0) is 25.3 Å². The quantitative estimate of drug-likeness (QED) is 0.452. The first-order valence-electron chi connectivity index (χ1n) is 12.3. The van der Waals surface area contributed by atoms with Crippen LogP contribution < -0.4 is 11.1 Å². The van der Waals surface area contributed by atoms with E-state index < -0.39 is 89.0 Å². The van der Waals surface area contributed by atoms with Gasteiger partial charge in [-0.1, -0.05) is 12.8 Å². The number of amides is 3. The van der Waals surface area contributed by atoms with Gasteiger partial charge in [-0.2, -0.15) is 13.2 Å². The molecule has 1 aromatic heterocycles. The number of thiazole rings is 1. The van der Waals surface area contributed by atoms with E-state index in [1.807, 2.05) is 0 Å². The molecule has 0 bridgehead atoms. The second-order valence-electron chi connectivity index (χ2n) is 10.1. The molecule has 16 heteroatoms. The molecule has 0 radical (unpaired) electrons. The third-order valence-corrected chi connectivity index (χ3v) is 8.81. The van der Waals surface area contributed by atoms with Gasteiger partial charge in [0.05, 0.1) is 5.92 Å². The summed E-state index contributed by atoms with van der Waals surface area (Å²) < 4.78 is 82.0. The lowest BCUT2D eigenvalue weighted by Crippen LogP contribution is -2.66. The molecule has 4 rings (SSSR count). The highest BCUT2D eigenvalue weighted by Gasteiger charge is 2.65. The Morgan fingerprint density at radius 1 is 1.18 bits per heavy atom. The molecule has 1 aromatic rings. The van der Waals surface area contributed by atoms with E-state index in [1.54, 1.807) is 0 Å². The number of alkyl halides is 6. The van der Waals surface area contributed by atoms with Gasteiger partial charge in [-0.3, -0.25) is 23.9 Å². The number of carbonyl (C=O) groups excluding carboxylic acids is 4. The fourth-order valence-corrected chi connectivity index (χ4v) is 7.04. The number of nitrogens with zero attached hydrogens (tertiary/aromatic N) is 2. The van der Waals surface area contributed by atoms with Crippen molar-refractivity contribution in [3.63, 3.8) is 0 Å². The molecule has 3 unspecified atom stereocenters. The van der Waals surface area contributed by atoms with Gasteiger partial charge < -0.3 is 16.0 Å². The number of ether oxygens (including phenoxy) is 1. The van der Waals surface area contributed by atoms with Crippen molar-refractivity contribution in [1.29, 1.82) is 0 Å². The van der Waals surface area contributed by atoms with Crippen LogP contribution in [0.5, 0.6) is 0 Å². The molecule has 216 valence electrons. The van der Waals surface area contributed by atoms with Gasteiger partial charge in [-0.25, -0.2) is 4.98 Å². The first-order chi connectivity index (χ1) is 18.2. The van der Waals surface area contributed by atoms with E-state index >= 15 is 0 Å². The Bertz CT molecular complexity index is 1140. The number of aromatic nitrogens is 1. The van der Waals surface area contributed by atoms with Crippen LogP contribution in [0.25, 0.3) is 0 Å². The second-order valence-corrected chi connectivity index (χ2v) is 10.9. The van der Waals surface area contributed by atoms with Crippen LogP contribution in [-0.4, -0.2) is 65.0 Å². The minimum absolute atomic E-state index is 0.161. The number of nitrogens with two attached hydrogens (primary N) is 1. The van der Waals surface area contributed by atoms with Crippen LogP contribution in [0, 0.1) is 23.7 Å². The summed E-state index contributed by atoms with van der Waals surface area (Å²) in [6.45, 7) is -1.42. The van der Waals surface area contributed by atoms with Crippen molar-refractivity contribution in [2.45, 2.75) is 56.6 Å². The lowest BCUT2D eigenvalue weighted by Gasteiger charge is -2.46. The van der Waals surface area contributed by atoms with Crippen molar-refractivity contribution in [2.75, 3.05) is 19.7 Å². The van der Waals surface area contributed by atoms with Gasteiger partial charge in [0.25, 0.3) is 5.91 Å². The molecule has 3 N–H and O–H groups in total. The molecular formula is C23H26F6N4O5S. The van der Waals surface area contributed by atoms with Crippen molar-refractivity contribution in [3.05, 3.63) is 16.1 Å². The summed E-state index contributed by atoms with van der Waals surface area (Å²) >= 11 is 0.165. The molecule has 3 heterocycles. The van der Waals surface area contributed by atoms with Gasteiger partial charge in [-0.05, 0) is 37.5 Å². The van der Waals surface area contributed by atoms with E-state index in [1.165, 1.54) is 0 Å². The Morgan fingerprint density at radius 3 is 2.44 bits per heavy atom. The lowest BCUT2D eigenvalue weighted by molar-refractivity contribution is -0.321. The molecule has 39 heavy (non-hydrogen) atoms. The fourth-order valence-electron chi connectivity index (χ4n) is 6.38. The maximum atomic E-state index is 13.7. The van der Waals surface area contributed by atoms with E-state index in [4.69, 9.17) is 5.73 Å². The van der Waals surface area contributed by atoms with Crippen LogP contribution in [0.2, 0.25) is 0 Å². The lowest BCUT2D eigenvalue weighted by atomic mass is 9.63. The number of likely N-dealkylation sites (tertiary alicyclic amines) is 1. The average molecular weight is 585 g/mol. The van der Waals surface area contributed by atoms with Crippen molar-refractivity contribution < 1.29 is 50.3 Å². The monoisotopic (exact) mass is 584 g/mol. The van der Waals surface area contributed by atoms with Crippen molar-refractivity contribution in [3.8, 4) is 0 Å². The second kappa shape index (κ2) is 10.7. The molecule has 1 aliphatic carbocycles. The summed E-state index contributed by atoms with van der Waals surface area (Å²) in [4.78, 5) is 57.2. The zero-order valence-corrected chi connectivity index (χ0v) is 21.3. The predicted octanol–water partition coefficient (Wildman–Crippen LogP) is 2.90. The van der Waals surface area contributed by atoms with Gasteiger partial charge in [0, 0.05) is 24.4 Å². The highest BCUT2D eigenvalue weighted by molar-refractivity contribution is 7.10. The Balaban J connectivity index is 1.82. The predicted molar refractivity (Wildman–Crippen MR) is 122 cm³/mol. The topological polar surface area (TPSA) is 132 Å². The molecule has 0 aromatic carbocycles. The van der Waals surface area contributed by atoms with Gasteiger partial charge in [0.1, 0.15) is 17.8 Å². The highest BCUT2D eigenvalue weighted by Crippen LogP contribution is 2.53. The number of primary amides is 1. The molecule has 2 saturated heterocycles. The minimum atomic E-state index is -5.18. The van der Waals surface area contributed by atoms with E-state index in [9.17, 15) is 45.5 Å². The summed E-state index contributed by atoms with van der Waals surface area (Å²) in [6, 6.07) is 0. The third kappa shape index (κ3) is 5.62. The van der Waals surface area contributed by atoms with Crippen molar-refractivity contribution in [2.24, 2.45) is 29.4 Å². The zero-order valence-electron chi connectivity index (χ0n) is 20.4. The number of hydrogen-bond donors (Lipinski definition) is 2. The first-order valence-corrected chi connectivity index (χ1v) is 13.2. The maximum absolute atomic E-state index is 13.7. The number of carbonyl (C=O) groups is 4. The molecule has 2 aliphatic heterocycles. The Morgan fingerprint density at radius 2 is 1.87 bits per heavy atom. The SMILES string of the molecule is NC(=O)C1([C@H](C[C@H]2CCNC2=O)C(=O)COC(F)(F)F)C2CCCCC2CN1C(=O)c1csc(C(F)(F)F)n1. The van der Waals surface area contributed by atoms with E-state index in [2.05, 4.69) is 15.0 Å². The van der Waals surface area contributed by atoms with Crippen LogP contribution in [0.15, 0.2) is 5.38 Å². The zero-order chi connectivity index (χ0) is 28.8. The Kier molecular flexibility index (Phi) is 8.00. The minimum Gasteiger partial charge on any atom is -0.368 e. The van der Waals surface area contributed by atoms with Gasteiger partial charge >= 0.3 is 12.5 Å². The van der Waals surface area contributed by atoms with Crippen LogP contribution >= 0.6 is 11.3 Å². The van der Waals surface area contributed by atoms with Crippen molar-refractivity contribution in [1.82, 2.24) is 15.2 Å². The molecule has 5 atom stereocenters. The van der Waals surface area contributed by atoms with E-state index in [0.717, 1.165) is 10.3 Å². The van der Waals surface area contributed by atoms with Crippen molar-refractivity contribution >= 4 is 34.8 Å². The Hall–Kier alpha value is -2.75. The number of rotatable bonds is 8. The molecule has 0 spiro atoms. The number of fused-ring (bicyclic) bond motifs is 1. The summed E-state index contributed by atoms with van der Waals surface area (Å²) in [6.07, 6.45) is -8.14. The number of halogens is 6. The number of ketones is 1. The van der Waals surface area contributed by atoms with E-state index in [0.29, 0.717) is 25.7 Å². The fraction of sp³-hybridized carbons (Fsp3) is 0.696. The third-order valence-electron chi connectivity index (χ3n) is 7.92. The number of hydrogen-bond acceptors (Lipinski definition) is 7. The first kappa shape index (κ1) is 29.2. The summed E-state index contributed by atoms with van der Waals surface area (Å²) in [5, 5.41) is 2.13. The van der Waals surface area contributed by atoms with Crippen LogP contribution in [0.4, 0.5) is 26.3 Å². The standard InChI is InChI=1S/C23H26F6N4O5S/c24-22(25,26)20-32-15(10-39-20)18(36)33-8-12-3-1-2-4-13(12)21(33,19(30)37)14(7-11-5-6-31-17(11)35)16(34)9-38-23(27,28)29/h10-14H,1-9H2,(H2,30,37)(H,31,35)/t11-,12?,13?,14-,21?/m1/s1. The largest absolute Gasteiger partial charge is 0.522 e. The number of Topliss-reactive ketones (excluding diaryl/α,β-unsaturated/α-hetero) is 1.